The van der Waals surface area contributed by atoms with Gasteiger partial charge >= 0.3 is 6.18 Å². The normalized spacial score (nSPS) is 16.1. The maximum atomic E-state index is 13.3. The average molecular weight is 383 g/mol. The molecule has 0 N–H and O–H groups in total. The van der Waals surface area contributed by atoms with Gasteiger partial charge in [0.05, 0.1) is 11.3 Å². The molecule has 1 aliphatic rings. The minimum atomic E-state index is -4.46. The van der Waals surface area contributed by atoms with Crippen LogP contribution in [0.4, 0.5) is 13.2 Å². The fourth-order valence-corrected chi connectivity index (χ4v) is 4.11. The summed E-state index contributed by atoms with van der Waals surface area (Å²) in [6, 6.07) is 5.34. The van der Waals surface area contributed by atoms with E-state index in [0.29, 0.717) is 23.7 Å². The number of aryl methyl sites for hydroxylation is 1. The molecule has 2 aromatic rings. The number of likely N-dealkylation sites (N-methyl/N-ethyl adjacent to an activating group) is 1. The van der Waals surface area contributed by atoms with E-state index in [4.69, 9.17) is 0 Å². The molecule has 1 aromatic heterocycles. The minimum Gasteiger partial charge on any atom is -0.335 e. The van der Waals surface area contributed by atoms with E-state index in [1.165, 1.54) is 12.1 Å². The van der Waals surface area contributed by atoms with Crippen molar-refractivity contribution in [3.63, 3.8) is 0 Å². The van der Waals surface area contributed by atoms with Gasteiger partial charge in [-0.3, -0.25) is 4.79 Å². The summed E-state index contributed by atoms with van der Waals surface area (Å²) in [7, 11) is 0. The van der Waals surface area contributed by atoms with Crippen molar-refractivity contribution in [2.75, 3.05) is 32.7 Å². The Labute approximate surface area is 154 Å². The molecule has 1 saturated heterocycles. The first-order valence-corrected chi connectivity index (χ1v) is 9.28. The van der Waals surface area contributed by atoms with Gasteiger partial charge in [0.1, 0.15) is 9.88 Å². The Bertz CT molecular complexity index is 795. The summed E-state index contributed by atoms with van der Waals surface area (Å²) in [5.41, 5.74) is -0.239. The van der Waals surface area contributed by atoms with Crippen LogP contribution in [0, 0.1) is 6.92 Å². The lowest BCUT2D eigenvalue weighted by molar-refractivity contribution is -0.137. The number of alkyl halides is 3. The predicted molar refractivity (Wildman–Crippen MR) is 95.3 cm³/mol. The number of benzene rings is 1. The number of carbonyl (C=O) groups is 1. The molecule has 0 aliphatic carbocycles. The van der Waals surface area contributed by atoms with E-state index in [-0.39, 0.29) is 16.5 Å². The summed E-state index contributed by atoms with van der Waals surface area (Å²) >= 11 is 1.04. The van der Waals surface area contributed by atoms with Gasteiger partial charge < -0.3 is 9.80 Å². The van der Waals surface area contributed by atoms with Gasteiger partial charge in [0, 0.05) is 31.7 Å². The SMILES string of the molecule is CCN1CCN(C(=O)c2sc(-c3ccccc3C(F)(F)F)nc2C)CC1. The summed E-state index contributed by atoms with van der Waals surface area (Å²) in [4.78, 5) is 21.5. The standard InChI is InChI=1S/C18H20F3N3OS/c1-3-23-8-10-24(11-9-23)17(25)15-12(2)22-16(26-15)13-6-4-5-7-14(13)18(19,20)21/h4-7H,3,8-11H2,1-2H3. The van der Waals surface area contributed by atoms with Crippen LogP contribution in [-0.2, 0) is 6.18 Å². The van der Waals surface area contributed by atoms with Gasteiger partial charge in [0.25, 0.3) is 5.91 Å². The highest BCUT2D eigenvalue weighted by Gasteiger charge is 2.34. The molecule has 0 saturated carbocycles. The zero-order valence-corrected chi connectivity index (χ0v) is 15.5. The first kappa shape index (κ1) is 18.8. The lowest BCUT2D eigenvalue weighted by Crippen LogP contribution is -2.48. The second-order valence-corrected chi connectivity index (χ2v) is 7.20. The number of carbonyl (C=O) groups excluding carboxylic acids is 1. The number of rotatable bonds is 3. The van der Waals surface area contributed by atoms with Crippen LogP contribution in [0.3, 0.4) is 0 Å². The molecule has 1 aliphatic heterocycles. The first-order chi connectivity index (χ1) is 12.3. The first-order valence-electron chi connectivity index (χ1n) is 8.47. The lowest BCUT2D eigenvalue weighted by Gasteiger charge is -2.33. The summed E-state index contributed by atoms with van der Waals surface area (Å²) in [5.74, 6) is -0.147. The van der Waals surface area contributed by atoms with Gasteiger partial charge in [0.15, 0.2) is 0 Å². The van der Waals surface area contributed by atoms with E-state index in [0.717, 1.165) is 37.0 Å². The maximum Gasteiger partial charge on any atom is 0.417 e. The number of hydrogen-bond donors (Lipinski definition) is 0. The topological polar surface area (TPSA) is 36.4 Å². The van der Waals surface area contributed by atoms with Crippen molar-refractivity contribution in [3.8, 4) is 10.6 Å². The predicted octanol–water partition coefficient (Wildman–Crippen LogP) is 3.92. The molecule has 0 bridgehead atoms. The Balaban J connectivity index is 1.88. The number of piperazine rings is 1. The van der Waals surface area contributed by atoms with Gasteiger partial charge in [-0.05, 0) is 19.5 Å². The van der Waals surface area contributed by atoms with Crippen LogP contribution in [0.15, 0.2) is 24.3 Å². The van der Waals surface area contributed by atoms with E-state index in [1.54, 1.807) is 17.9 Å². The van der Waals surface area contributed by atoms with Gasteiger partial charge in [-0.25, -0.2) is 4.98 Å². The van der Waals surface area contributed by atoms with E-state index >= 15 is 0 Å². The van der Waals surface area contributed by atoms with Crippen molar-refractivity contribution in [1.82, 2.24) is 14.8 Å². The smallest absolute Gasteiger partial charge is 0.335 e. The number of thiazole rings is 1. The third-order valence-corrected chi connectivity index (χ3v) is 5.74. The Morgan fingerprint density at radius 1 is 1.19 bits per heavy atom. The van der Waals surface area contributed by atoms with Crippen molar-refractivity contribution in [2.45, 2.75) is 20.0 Å². The monoisotopic (exact) mass is 383 g/mol. The van der Waals surface area contributed by atoms with Crippen molar-refractivity contribution in [3.05, 3.63) is 40.4 Å². The molecule has 2 heterocycles. The molecule has 1 aromatic carbocycles. The Kier molecular flexibility index (Phi) is 5.34. The van der Waals surface area contributed by atoms with Crippen LogP contribution in [0.25, 0.3) is 10.6 Å². The quantitative estimate of drug-likeness (QED) is 0.806. The fraction of sp³-hybridized carbons (Fsp3) is 0.444. The van der Waals surface area contributed by atoms with Gasteiger partial charge in [-0.2, -0.15) is 13.2 Å². The van der Waals surface area contributed by atoms with Crippen molar-refractivity contribution in [1.29, 1.82) is 0 Å². The molecule has 1 fully saturated rings. The minimum absolute atomic E-state index is 0.0166. The van der Waals surface area contributed by atoms with E-state index in [1.807, 2.05) is 0 Å². The number of hydrogen-bond acceptors (Lipinski definition) is 4. The molecule has 0 spiro atoms. The Hall–Kier alpha value is -1.93. The molecular weight excluding hydrogens is 363 g/mol. The summed E-state index contributed by atoms with van der Waals surface area (Å²) in [5, 5.41) is 0.228. The van der Waals surface area contributed by atoms with E-state index < -0.39 is 11.7 Å². The molecule has 4 nitrogen and oxygen atoms in total. The summed E-state index contributed by atoms with van der Waals surface area (Å²) in [6.45, 7) is 7.56. The highest BCUT2D eigenvalue weighted by atomic mass is 32.1. The molecule has 1 amide bonds. The van der Waals surface area contributed by atoms with Crippen LogP contribution in [-0.4, -0.2) is 53.4 Å². The molecule has 0 unspecified atom stereocenters. The molecule has 3 rings (SSSR count). The number of halogens is 3. The maximum absolute atomic E-state index is 13.3. The van der Waals surface area contributed by atoms with Crippen molar-refractivity contribution < 1.29 is 18.0 Å². The second kappa shape index (κ2) is 7.36. The van der Waals surface area contributed by atoms with Crippen LogP contribution in [0.1, 0.15) is 27.9 Å². The second-order valence-electron chi connectivity index (χ2n) is 6.20. The third-order valence-electron chi connectivity index (χ3n) is 4.56. The summed E-state index contributed by atoms with van der Waals surface area (Å²) in [6.07, 6.45) is -4.46. The fourth-order valence-electron chi connectivity index (χ4n) is 3.04. The average Bonchev–Trinajstić information content (AvgIpc) is 3.02. The molecule has 8 heteroatoms. The van der Waals surface area contributed by atoms with Crippen LogP contribution >= 0.6 is 11.3 Å². The number of amides is 1. The Morgan fingerprint density at radius 3 is 2.46 bits per heavy atom. The molecule has 26 heavy (non-hydrogen) atoms. The molecular formula is C18H20F3N3OS. The third kappa shape index (κ3) is 3.76. The number of nitrogens with zero attached hydrogens (tertiary/aromatic N) is 3. The van der Waals surface area contributed by atoms with Crippen LogP contribution in [0.2, 0.25) is 0 Å². The Morgan fingerprint density at radius 2 is 1.85 bits per heavy atom. The highest BCUT2D eigenvalue weighted by Crippen LogP contribution is 2.39. The molecule has 0 radical (unpaired) electrons. The molecule has 0 atom stereocenters. The highest BCUT2D eigenvalue weighted by molar-refractivity contribution is 7.17. The van der Waals surface area contributed by atoms with Crippen molar-refractivity contribution in [2.24, 2.45) is 0 Å². The van der Waals surface area contributed by atoms with Gasteiger partial charge in [-0.15, -0.1) is 11.3 Å². The lowest BCUT2D eigenvalue weighted by atomic mass is 10.1. The zero-order valence-electron chi connectivity index (χ0n) is 14.6. The largest absolute Gasteiger partial charge is 0.417 e. The van der Waals surface area contributed by atoms with Gasteiger partial charge in [0.2, 0.25) is 0 Å². The number of aromatic nitrogens is 1. The molecule has 140 valence electrons. The van der Waals surface area contributed by atoms with E-state index in [2.05, 4.69) is 16.8 Å². The van der Waals surface area contributed by atoms with Crippen molar-refractivity contribution >= 4 is 17.2 Å². The van der Waals surface area contributed by atoms with Crippen LogP contribution < -0.4 is 0 Å². The van der Waals surface area contributed by atoms with Gasteiger partial charge in [-0.1, -0.05) is 25.1 Å². The zero-order chi connectivity index (χ0) is 18.9. The van der Waals surface area contributed by atoms with E-state index in [9.17, 15) is 18.0 Å². The van der Waals surface area contributed by atoms with Crippen LogP contribution in [0.5, 0.6) is 0 Å². The summed E-state index contributed by atoms with van der Waals surface area (Å²) < 4.78 is 39.8.